The molecule has 2 heterocycles. The fourth-order valence-electron chi connectivity index (χ4n) is 4.46. The molecule has 4 rings (SSSR count). The number of rotatable bonds is 9. The highest BCUT2D eigenvalue weighted by Crippen LogP contribution is 2.27. The molecule has 1 fully saturated rings. The fourth-order valence-corrected chi connectivity index (χ4v) is 4.46. The normalized spacial score (nSPS) is 15.8. The lowest BCUT2D eigenvalue weighted by atomic mass is 9.90. The molecule has 6 heteroatoms. The van der Waals surface area contributed by atoms with E-state index in [1.165, 1.54) is 0 Å². The van der Waals surface area contributed by atoms with Gasteiger partial charge in [-0.3, -0.25) is 14.7 Å². The van der Waals surface area contributed by atoms with Crippen molar-refractivity contribution in [2.24, 2.45) is 0 Å². The third-order valence-electron chi connectivity index (χ3n) is 6.17. The van der Waals surface area contributed by atoms with Crippen LogP contribution in [0.4, 0.5) is 0 Å². The van der Waals surface area contributed by atoms with Crippen molar-refractivity contribution in [2.45, 2.75) is 25.0 Å². The maximum Gasteiger partial charge on any atom is 0.234 e. The van der Waals surface area contributed by atoms with E-state index >= 15 is 0 Å². The van der Waals surface area contributed by atoms with Crippen molar-refractivity contribution < 1.29 is 14.6 Å². The van der Waals surface area contributed by atoms with E-state index in [-0.39, 0.29) is 18.4 Å². The second-order valence-corrected chi connectivity index (χ2v) is 8.72. The number of hydrogen-bond acceptors (Lipinski definition) is 5. The Labute approximate surface area is 201 Å². The van der Waals surface area contributed by atoms with Gasteiger partial charge in [-0.15, -0.1) is 0 Å². The number of hydrogen-bond donors (Lipinski definition) is 1. The molecule has 1 atom stereocenters. The van der Waals surface area contributed by atoms with Gasteiger partial charge in [0.15, 0.2) is 0 Å². The average Bonchev–Trinajstić information content (AvgIpc) is 3.12. The number of carbonyl (C=O) groups excluding carboxylic acids is 1. The number of aliphatic hydroxyl groups excluding tert-OH is 1. The summed E-state index contributed by atoms with van der Waals surface area (Å²) in [6.07, 6.45) is 2.04. The molecule has 1 aliphatic heterocycles. The van der Waals surface area contributed by atoms with E-state index in [0.717, 1.165) is 42.9 Å². The van der Waals surface area contributed by atoms with Crippen molar-refractivity contribution in [1.82, 2.24) is 14.8 Å². The number of benzene rings is 2. The van der Waals surface area contributed by atoms with Gasteiger partial charge in [-0.2, -0.15) is 0 Å². The Balaban J connectivity index is 1.32. The van der Waals surface area contributed by atoms with Crippen LogP contribution in [-0.4, -0.2) is 71.2 Å². The molecule has 0 saturated carbocycles. The van der Waals surface area contributed by atoms with Crippen LogP contribution in [0.15, 0.2) is 85.1 Å². The van der Waals surface area contributed by atoms with Crippen LogP contribution in [0, 0.1) is 0 Å². The monoisotopic (exact) mass is 459 g/mol. The van der Waals surface area contributed by atoms with Gasteiger partial charge in [0.25, 0.3) is 0 Å². The molecule has 1 aromatic heterocycles. The molecule has 0 spiro atoms. The fraction of sp³-hybridized carbons (Fsp3) is 0.357. The van der Waals surface area contributed by atoms with Crippen LogP contribution in [0.1, 0.15) is 29.2 Å². The Hall–Kier alpha value is -3.06. The molecule has 0 aliphatic carbocycles. The molecule has 1 N–H and O–H groups in total. The summed E-state index contributed by atoms with van der Waals surface area (Å²) in [5.41, 5.74) is 2.88. The molecule has 1 aliphatic rings. The molecule has 1 amide bonds. The molecular weight excluding hydrogens is 426 g/mol. The Morgan fingerprint density at radius 2 is 1.56 bits per heavy atom. The number of amides is 1. The Morgan fingerprint density at radius 3 is 2.21 bits per heavy atom. The first-order chi connectivity index (χ1) is 16.7. The van der Waals surface area contributed by atoms with Gasteiger partial charge in [-0.25, -0.2) is 0 Å². The first-order valence-corrected chi connectivity index (χ1v) is 12.0. The highest BCUT2D eigenvalue weighted by atomic mass is 16.5. The molecule has 178 valence electrons. The summed E-state index contributed by atoms with van der Waals surface area (Å²) in [6.45, 7) is 4.14. The van der Waals surface area contributed by atoms with E-state index in [9.17, 15) is 9.90 Å². The van der Waals surface area contributed by atoms with Crippen molar-refractivity contribution in [3.8, 4) is 0 Å². The van der Waals surface area contributed by atoms with E-state index < -0.39 is 6.10 Å². The van der Waals surface area contributed by atoms with Crippen LogP contribution in [0.5, 0.6) is 0 Å². The Kier molecular flexibility index (Phi) is 8.79. The number of carbonyl (C=O) groups is 1. The van der Waals surface area contributed by atoms with E-state index in [0.29, 0.717) is 19.7 Å². The third kappa shape index (κ3) is 6.73. The molecule has 6 nitrogen and oxygen atoms in total. The minimum absolute atomic E-state index is 0.137. The molecule has 34 heavy (non-hydrogen) atoms. The number of aliphatic hydroxyl groups is 1. The Morgan fingerprint density at radius 1 is 0.882 bits per heavy atom. The Bertz CT molecular complexity index is 962. The summed E-state index contributed by atoms with van der Waals surface area (Å²) < 4.78 is 5.64. The molecule has 3 aromatic rings. The summed E-state index contributed by atoms with van der Waals surface area (Å²) in [5.74, 6) is -0.168. The first-order valence-electron chi connectivity index (χ1n) is 12.0. The van der Waals surface area contributed by atoms with E-state index in [4.69, 9.17) is 4.74 Å². The van der Waals surface area contributed by atoms with Crippen LogP contribution < -0.4 is 0 Å². The van der Waals surface area contributed by atoms with Gasteiger partial charge >= 0.3 is 0 Å². The van der Waals surface area contributed by atoms with Crippen molar-refractivity contribution in [2.75, 3.05) is 39.3 Å². The maximum atomic E-state index is 13.7. The number of β-amino-alcohol motifs (C(OH)–C–C–N with tert-alkyl or cyclic N) is 1. The molecular formula is C28H33N3O3. The molecule has 0 radical (unpaired) electrons. The number of aromatic nitrogens is 1. The minimum Gasteiger partial charge on any atom is -0.389 e. The zero-order valence-electron chi connectivity index (χ0n) is 19.5. The predicted molar refractivity (Wildman–Crippen MR) is 132 cm³/mol. The van der Waals surface area contributed by atoms with E-state index in [2.05, 4.69) is 9.88 Å². The highest BCUT2D eigenvalue weighted by molar-refractivity contribution is 5.87. The number of ether oxygens (including phenoxy) is 1. The van der Waals surface area contributed by atoms with Crippen LogP contribution >= 0.6 is 0 Å². The average molecular weight is 460 g/mol. The van der Waals surface area contributed by atoms with Crippen molar-refractivity contribution in [3.05, 3.63) is 102 Å². The van der Waals surface area contributed by atoms with Crippen LogP contribution in [-0.2, 0) is 16.1 Å². The smallest absolute Gasteiger partial charge is 0.234 e. The predicted octanol–water partition coefficient (Wildman–Crippen LogP) is 3.33. The lowest BCUT2D eigenvalue weighted by Crippen LogP contribution is -2.40. The van der Waals surface area contributed by atoms with Gasteiger partial charge in [0.1, 0.15) is 0 Å². The topological polar surface area (TPSA) is 65.9 Å². The molecule has 2 aromatic carbocycles. The lowest BCUT2D eigenvalue weighted by molar-refractivity contribution is -0.131. The van der Waals surface area contributed by atoms with Crippen molar-refractivity contribution in [3.63, 3.8) is 0 Å². The second-order valence-electron chi connectivity index (χ2n) is 8.72. The summed E-state index contributed by atoms with van der Waals surface area (Å²) in [4.78, 5) is 22.1. The number of nitrogens with zero attached hydrogens (tertiary/aromatic N) is 3. The van der Waals surface area contributed by atoms with E-state index in [1.54, 1.807) is 6.20 Å². The zero-order chi connectivity index (χ0) is 23.6. The molecule has 0 bridgehead atoms. The van der Waals surface area contributed by atoms with Gasteiger partial charge in [0.2, 0.25) is 5.91 Å². The van der Waals surface area contributed by atoms with Crippen LogP contribution in [0.3, 0.4) is 0 Å². The largest absolute Gasteiger partial charge is 0.389 e. The maximum absolute atomic E-state index is 13.7. The van der Waals surface area contributed by atoms with Gasteiger partial charge in [-0.1, -0.05) is 66.7 Å². The standard InChI is InChI=1S/C28H33N3O3/c32-26(22-34-21-25-14-7-8-15-29-25)20-30-16-9-17-31(19-18-30)28(33)27(23-10-3-1-4-11-23)24-12-5-2-6-13-24/h1-8,10-15,26-27,32H,9,16-22H2. The summed E-state index contributed by atoms with van der Waals surface area (Å²) in [7, 11) is 0. The first kappa shape index (κ1) is 24.1. The summed E-state index contributed by atoms with van der Waals surface area (Å²) in [5, 5.41) is 10.5. The quantitative estimate of drug-likeness (QED) is 0.532. The minimum atomic E-state index is -0.577. The summed E-state index contributed by atoms with van der Waals surface area (Å²) in [6, 6.07) is 25.7. The highest BCUT2D eigenvalue weighted by Gasteiger charge is 2.29. The van der Waals surface area contributed by atoms with E-state index in [1.807, 2.05) is 83.8 Å². The molecule has 1 saturated heterocycles. The summed E-state index contributed by atoms with van der Waals surface area (Å²) >= 11 is 0. The lowest BCUT2D eigenvalue weighted by Gasteiger charge is -2.27. The van der Waals surface area contributed by atoms with Gasteiger partial charge < -0.3 is 14.7 Å². The van der Waals surface area contributed by atoms with Gasteiger partial charge in [0.05, 0.1) is 30.9 Å². The van der Waals surface area contributed by atoms with Crippen molar-refractivity contribution >= 4 is 5.91 Å². The van der Waals surface area contributed by atoms with Gasteiger partial charge in [0, 0.05) is 32.4 Å². The van der Waals surface area contributed by atoms with Crippen LogP contribution in [0.2, 0.25) is 0 Å². The van der Waals surface area contributed by atoms with Crippen molar-refractivity contribution in [1.29, 1.82) is 0 Å². The third-order valence-corrected chi connectivity index (χ3v) is 6.17. The van der Waals surface area contributed by atoms with Crippen LogP contribution in [0.25, 0.3) is 0 Å². The van der Waals surface area contributed by atoms with Gasteiger partial charge in [-0.05, 0) is 36.2 Å². The zero-order valence-corrected chi connectivity index (χ0v) is 19.5. The molecule has 1 unspecified atom stereocenters. The second kappa shape index (κ2) is 12.4. The SMILES string of the molecule is O=C(C(c1ccccc1)c1ccccc1)N1CCCN(CC(O)COCc2ccccn2)CC1. The number of pyridine rings is 1.